The molecule has 9 nitrogen and oxygen atoms in total. The number of ketones is 1. The SMILES string of the molecule is C=C1C(=O)[C@]23C[C@H]1C[C@@H](O)[C@H]2[C@@]12CO[C@@]3(O)[C@@H](O)[C@@H]1[C@](C)(COC(C)=O)[C@H](O)C[C@H]2O. The van der Waals surface area contributed by atoms with Crippen molar-refractivity contribution in [3.8, 4) is 0 Å². The number of carbonyl (C=O) groups excluding carboxylic acids is 2. The van der Waals surface area contributed by atoms with Gasteiger partial charge in [0.1, 0.15) is 6.10 Å². The average molecular weight is 438 g/mol. The number of Topliss-reactive ketones (excluding diaryl/α,β-unsaturated/α-hetero) is 1. The second-order valence-corrected chi connectivity index (χ2v) is 10.6. The van der Waals surface area contributed by atoms with E-state index >= 15 is 0 Å². The lowest BCUT2D eigenvalue weighted by molar-refractivity contribution is -0.461. The van der Waals surface area contributed by atoms with Crippen LogP contribution in [0.4, 0.5) is 0 Å². The molecule has 0 radical (unpaired) electrons. The lowest BCUT2D eigenvalue weighted by atomic mass is 9.35. The number of rotatable bonds is 2. The average Bonchev–Trinajstić information content (AvgIpc) is 2.89. The molecule has 0 unspecified atom stereocenters. The molecular formula is C22H30O9. The Morgan fingerprint density at radius 3 is 2.52 bits per heavy atom. The van der Waals surface area contributed by atoms with Gasteiger partial charge in [0.05, 0.1) is 36.9 Å². The zero-order valence-electron chi connectivity index (χ0n) is 17.7. The van der Waals surface area contributed by atoms with Gasteiger partial charge < -0.3 is 35.0 Å². The lowest BCUT2D eigenvalue weighted by Gasteiger charge is -2.75. The Morgan fingerprint density at radius 2 is 1.87 bits per heavy atom. The lowest BCUT2D eigenvalue weighted by Crippen LogP contribution is -2.86. The summed E-state index contributed by atoms with van der Waals surface area (Å²) in [5.74, 6) is -5.59. The zero-order valence-corrected chi connectivity index (χ0v) is 17.7. The van der Waals surface area contributed by atoms with Crippen LogP contribution in [-0.2, 0) is 19.1 Å². The zero-order chi connectivity index (χ0) is 22.7. The van der Waals surface area contributed by atoms with Gasteiger partial charge in [0.15, 0.2) is 5.78 Å². The van der Waals surface area contributed by atoms with Crippen molar-refractivity contribution in [1.82, 2.24) is 0 Å². The molecule has 6 rings (SSSR count). The fourth-order valence-corrected chi connectivity index (χ4v) is 8.12. The second-order valence-electron chi connectivity index (χ2n) is 10.6. The summed E-state index contributed by atoms with van der Waals surface area (Å²) in [6, 6.07) is 0. The molecule has 4 bridgehead atoms. The number of fused-ring (bicyclic) bond motifs is 2. The molecule has 0 aromatic rings. The minimum atomic E-state index is -2.32. The van der Waals surface area contributed by atoms with Crippen LogP contribution in [0.25, 0.3) is 0 Å². The van der Waals surface area contributed by atoms with Crippen LogP contribution in [0.3, 0.4) is 0 Å². The maximum atomic E-state index is 13.5. The molecule has 6 fully saturated rings. The van der Waals surface area contributed by atoms with E-state index in [1.54, 1.807) is 6.92 Å². The standard InChI is InChI=1S/C22H30O9/c1-9-11-4-12(24)15-20-8-31-22(29,21(15,6-11)17(9)27)18(28)16(20)19(3,7-30-10(2)23)13(25)5-14(20)26/h11-16,18,24-26,28-29H,1,4-8H2,2-3H3/t11-,12-,13-,14-,15+,16-,18+,19-,20+,21+,22+/m1/s1. The maximum absolute atomic E-state index is 13.5. The first-order valence-corrected chi connectivity index (χ1v) is 10.8. The van der Waals surface area contributed by atoms with Crippen LogP contribution in [0.2, 0.25) is 0 Å². The van der Waals surface area contributed by atoms with Crippen LogP contribution in [-0.4, -0.2) is 80.7 Å². The van der Waals surface area contributed by atoms with Crippen LogP contribution < -0.4 is 0 Å². The highest BCUT2D eigenvalue weighted by molar-refractivity contribution is 6.04. The van der Waals surface area contributed by atoms with Gasteiger partial charge in [-0.05, 0) is 24.3 Å². The molecule has 0 aromatic heterocycles. The van der Waals surface area contributed by atoms with E-state index in [1.165, 1.54) is 6.92 Å². The summed E-state index contributed by atoms with van der Waals surface area (Å²) in [5, 5.41) is 56.8. The second kappa shape index (κ2) is 6.15. The molecule has 2 aliphatic heterocycles. The van der Waals surface area contributed by atoms with Crippen molar-refractivity contribution in [1.29, 1.82) is 0 Å². The van der Waals surface area contributed by atoms with E-state index in [2.05, 4.69) is 6.58 Å². The Balaban J connectivity index is 1.74. The van der Waals surface area contributed by atoms with Crippen molar-refractivity contribution in [2.24, 2.45) is 34.0 Å². The largest absolute Gasteiger partial charge is 0.465 e. The molecule has 11 atom stereocenters. The fourth-order valence-electron chi connectivity index (χ4n) is 8.12. The van der Waals surface area contributed by atoms with E-state index in [1.807, 2.05) is 0 Å². The molecule has 4 saturated carbocycles. The number of aliphatic hydroxyl groups is 5. The first kappa shape index (κ1) is 21.5. The van der Waals surface area contributed by atoms with Crippen LogP contribution >= 0.6 is 0 Å². The highest BCUT2D eigenvalue weighted by atomic mass is 16.6. The van der Waals surface area contributed by atoms with Crippen LogP contribution in [0, 0.1) is 34.0 Å². The highest BCUT2D eigenvalue weighted by Gasteiger charge is 2.86. The van der Waals surface area contributed by atoms with Gasteiger partial charge in [-0.1, -0.05) is 13.5 Å². The van der Waals surface area contributed by atoms with Gasteiger partial charge in [-0.2, -0.15) is 0 Å². The molecule has 2 saturated heterocycles. The molecule has 0 amide bonds. The van der Waals surface area contributed by atoms with Crippen molar-refractivity contribution in [2.75, 3.05) is 13.2 Å². The summed E-state index contributed by atoms with van der Waals surface area (Å²) >= 11 is 0. The van der Waals surface area contributed by atoms with Crippen molar-refractivity contribution in [3.63, 3.8) is 0 Å². The number of esters is 1. The third kappa shape index (κ3) is 2.13. The molecule has 172 valence electrons. The van der Waals surface area contributed by atoms with E-state index in [-0.39, 0.29) is 38.4 Å². The first-order chi connectivity index (χ1) is 14.4. The van der Waals surface area contributed by atoms with E-state index in [0.29, 0.717) is 5.57 Å². The smallest absolute Gasteiger partial charge is 0.302 e. The van der Waals surface area contributed by atoms with Gasteiger partial charge in [0, 0.05) is 36.0 Å². The molecule has 6 aliphatic rings. The predicted molar refractivity (Wildman–Crippen MR) is 103 cm³/mol. The topological polar surface area (TPSA) is 154 Å². The minimum Gasteiger partial charge on any atom is -0.465 e. The normalized spacial score (nSPS) is 57.5. The Labute approximate surface area is 179 Å². The summed E-state index contributed by atoms with van der Waals surface area (Å²) in [5.41, 5.74) is -3.92. The number of hydrogen-bond donors (Lipinski definition) is 5. The van der Waals surface area contributed by atoms with Gasteiger partial charge in [0.2, 0.25) is 5.79 Å². The molecule has 9 heteroatoms. The van der Waals surface area contributed by atoms with E-state index < -0.39 is 70.0 Å². The predicted octanol–water partition coefficient (Wildman–Crippen LogP) is -1.11. The number of allylic oxidation sites excluding steroid dienone is 1. The van der Waals surface area contributed by atoms with Gasteiger partial charge >= 0.3 is 5.97 Å². The quantitative estimate of drug-likeness (QED) is 0.267. The van der Waals surface area contributed by atoms with Crippen LogP contribution in [0.1, 0.15) is 33.1 Å². The summed E-state index contributed by atoms with van der Waals surface area (Å²) in [7, 11) is 0. The molecular weight excluding hydrogens is 408 g/mol. The third-order valence-corrected chi connectivity index (χ3v) is 9.38. The van der Waals surface area contributed by atoms with Crippen molar-refractivity contribution in [2.45, 2.75) is 63.3 Å². The van der Waals surface area contributed by atoms with Crippen LogP contribution in [0.5, 0.6) is 0 Å². The fraction of sp³-hybridized carbons (Fsp3) is 0.818. The van der Waals surface area contributed by atoms with E-state index in [0.717, 1.165) is 0 Å². The first-order valence-electron chi connectivity index (χ1n) is 10.8. The van der Waals surface area contributed by atoms with Gasteiger partial charge in [-0.15, -0.1) is 0 Å². The Morgan fingerprint density at radius 1 is 1.19 bits per heavy atom. The number of aliphatic hydroxyl groups excluding tert-OH is 4. The Kier molecular flexibility index (Phi) is 4.26. The summed E-state index contributed by atoms with van der Waals surface area (Å²) in [6.07, 6.45) is -4.77. The Bertz CT molecular complexity index is 873. The van der Waals surface area contributed by atoms with Crippen molar-refractivity contribution >= 4 is 11.8 Å². The monoisotopic (exact) mass is 438 g/mol. The molecule has 4 aliphatic carbocycles. The van der Waals surface area contributed by atoms with Gasteiger partial charge in [0.25, 0.3) is 0 Å². The van der Waals surface area contributed by atoms with Gasteiger partial charge in [-0.3, -0.25) is 9.59 Å². The van der Waals surface area contributed by atoms with E-state index in [9.17, 15) is 35.1 Å². The van der Waals surface area contributed by atoms with E-state index in [4.69, 9.17) is 9.47 Å². The maximum Gasteiger partial charge on any atom is 0.302 e. The van der Waals surface area contributed by atoms with Gasteiger partial charge in [-0.25, -0.2) is 0 Å². The van der Waals surface area contributed by atoms with Crippen molar-refractivity contribution < 1.29 is 44.6 Å². The number of hydrogen-bond acceptors (Lipinski definition) is 9. The molecule has 2 spiro atoms. The molecule has 5 N–H and O–H groups in total. The highest BCUT2D eigenvalue weighted by Crippen LogP contribution is 2.76. The minimum absolute atomic E-state index is 0.110. The molecule has 31 heavy (non-hydrogen) atoms. The third-order valence-electron chi connectivity index (χ3n) is 9.38. The molecule has 0 aromatic carbocycles. The summed E-state index contributed by atoms with van der Waals surface area (Å²) in [4.78, 5) is 25.0. The Hall–Kier alpha value is -1.36. The number of ether oxygens (including phenoxy) is 2. The summed E-state index contributed by atoms with van der Waals surface area (Å²) < 4.78 is 11.0. The summed E-state index contributed by atoms with van der Waals surface area (Å²) in [6.45, 7) is 6.28. The van der Waals surface area contributed by atoms with Crippen LogP contribution in [0.15, 0.2) is 12.2 Å². The number of carbonyl (C=O) groups is 2. The van der Waals surface area contributed by atoms with Crippen molar-refractivity contribution in [3.05, 3.63) is 12.2 Å². The molecule has 2 heterocycles.